The first-order valence-corrected chi connectivity index (χ1v) is 11.2. The Kier molecular flexibility index (Phi) is 5.25. The van der Waals surface area contributed by atoms with Crippen LogP contribution in [-0.4, -0.2) is 29.8 Å². The highest BCUT2D eigenvalue weighted by molar-refractivity contribution is 5.86. The minimum Gasteiger partial charge on any atom is -0.457 e. The number of aromatic nitrogens is 1. The highest BCUT2D eigenvalue weighted by Gasteiger charge is 2.53. The predicted molar refractivity (Wildman–Crippen MR) is 115 cm³/mol. The summed E-state index contributed by atoms with van der Waals surface area (Å²) >= 11 is 0. The van der Waals surface area contributed by atoms with Crippen LogP contribution in [0.2, 0.25) is 0 Å². The Morgan fingerprint density at radius 2 is 1.94 bits per heavy atom. The van der Waals surface area contributed by atoms with E-state index in [1.54, 1.807) is 17.6 Å². The van der Waals surface area contributed by atoms with Crippen molar-refractivity contribution >= 4 is 12.1 Å². The number of carbonyl (C=O) groups is 2. The zero-order chi connectivity index (χ0) is 23.2. The van der Waals surface area contributed by atoms with Crippen molar-refractivity contribution in [3.8, 4) is 0 Å². The Bertz CT molecular complexity index is 1150. The topological polar surface area (TPSA) is 105 Å². The van der Waals surface area contributed by atoms with Crippen LogP contribution >= 0.6 is 0 Å². The van der Waals surface area contributed by atoms with E-state index in [2.05, 4.69) is 5.32 Å². The maximum Gasteiger partial charge on any atom is 0.409 e. The number of fused-ring (bicyclic) bond motifs is 3. The van der Waals surface area contributed by atoms with Crippen molar-refractivity contribution in [2.45, 2.75) is 57.3 Å². The summed E-state index contributed by atoms with van der Waals surface area (Å²) in [6.45, 7) is 4.64. The lowest BCUT2D eigenvalue weighted by molar-refractivity contribution is -0.173. The van der Waals surface area contributed by atoms with Crippen molar-refractivity contribution in [3.63, 3.8) is 0 Å². The van der Waals surface area contributed by atoms with Gasteiger partial charge in [-0.2, -0.15) is 0 Å². The zero-order valence-electron chi connectivity index (χ0n) is 18.6. The van der Waals surface area contributed by atoms with Crippen molar-refractivity contribution in [2.24, 2.45) is 0 Å². The molecule has 0 aliphatic carbocycles. The number of carbonyl (C=O) groups excluding carboxylic acids is 2. The maximum absolute atomic E-state index is 13.3. The monoisotopic (exact) mass is 454 g/mol. The van der Waals surface area contributed by atoms with Gasteiger partial charge in [-0.25, -0.2) is 9.59 Å². The van der Waals surface area contributed by atoms with Crippen LogP contribution in [0.3, 0.4) is 0 Å². The molecule has 1 saturated heterocycles. The number of cyclic esters (lactones) is 1. The molecule has 5 rings (SSSR count). The van der Waals surface area contributed by atoms with Gasteiger partial charge in [0.2, 0.25) is 11.4 Å². The molecule has 9 heteroatoms. The lowest BCUT2D eigenvalue weighted by atomic mass is 9.85. The molecule has 0 radical (unpaired) electrons. The number of pyridine rings is 1. The quantitative estimate of drug-likeness (QED) is 0.708. The van der Waals surface area contributed by atoms with Gasteiger partial charge in [0.05, 0.1) is 30.5 Å². The van der Waals surface area contributed by atoms with Gasteiger partial charge in [0.1, 0.15) is 6.61 Å². The number of hydrogen-bond donors (Lipinski definition) is 1. The Balaban J connectivity index is 1.52. The fourth-order valence-electron chi connectivity index (χ4n) is 4.92. The van der Waals surface area contributed by atoms with Crippen molar-refractivity contribution in [1.82, 2.24) is 9.88 Å². The number of hydrogen-bond acceptors (Lipinski definition) is 7. The minimum absolute atomic E-state index is 0.101. The summed E-state index contributed by atoms with van der Waals surface area (Å²) in [5.74, 6) is -1.72. The van der Waals surface area contributed by atoms with E-state index in [9.17, 15) is 14.4 Å². The molecule has 0 saturated carbocycles. The van der Waals surface area contributed by atoms with Crippen LogP contribution in [0, 0.1) is 0 Å². The highest BCUT2D eigenvalue weighted by atomic mass is 16.7. The largest absolute Gasteiger partial charge is 0.457 e. The number of nitrogens with one attached hydrogen (secondary N) is 1. The molecule has 1 spiro atoms. The average molecular weight is 454 g/mol. The van der Waals surface area contributed by atoms with E-state index in [0.29, 0.717) is 43.0 Å². The normalized spacial score (nSPS) is 23.5. The first-order valence-electron chi connectivity index (χ1n) is 11.2. The summed E-state index contributed by atoms with van der Waals surface area (Å²) in [5, 5.41) is 2.77. The molecule has 0 unspecified atom stereocenters. The molecule has 1 N–H and O–H groups in total. The van der Waals surface area contributed by atoms with E-state index in [4.69, 9.17) is 18.9 Å². The van der Waals surface area contributed by atoms with Crippen LogP contribution in [0.15, 0.2) is 41.2 Å². The first-order chi connectivity index (χ1) is 15.9. The molecule has 2 atom stereocenters. The number of rotatable bonds is 4. The molecule has 3 aliphatic heterocycles. The van der Waals surface area contributed by atoms with Gasteiger partial charge in [0.25, 0.3) is 5.56 Å². The molecule has 1 fully saturated rings. The fraction of sp³-hybridized carbons (Fsp3) is 0.458. The number of ether oxygens (including phenoxy) is 4. The van der Waals surface area contributed by atoms with Crippen LogP contribution in [0.25, 0.3) is 0 Å². The van der Waals surface area contributed by atoms with Crippen LogP contribution in [-0.2, 0) is 48.3 Å². The Labute approximate surface area is 190 Å². The van der Waals surface area contributed by atoms with Crippen LogP contribution < -0.4 is 10.9 Å². The molecule has 1 amide bonds. The fourth-order valence-corrected chi connectivity index (χ4v) is 4.92. The summed E-state index contributed by atoms with van der Waals surface area (Å²) in [7, 11) is 0. The highest BCUT2D eigenvalue weighted by Crippen LogP contribution is 2.44. The van der Waals surface area contributed by atoms with E-state index in [-0.39, 0.29) is 24.6 Å². The van der Waals surface area contributed by atoms with Crippen LogP contribution in [0.4, 0.5) is 4.79 Å². The Morgan fingerprint density at radius 1 is 1.21 bits per heavy atom. The van der Waals surface area contributed by atoms with Gasteiger partial charge in [-0.15, -0.1) is 0 Å². The van der Waals surface area contributed by atoms with Crippen molar-refractivity contribution in [3.05, 3.63) is 69.1 Å². The number of amides is 1. The van der Waals surface area contributed by atoms with Crippen LogP contribution in [0.5, 0.6) is 0 Å². The number of esters is 1. The molecule has 2 aromatic rings. The van der Waals surface area contributed by atoms with Gasteiger partial charge in [0.15, 0.2) is 0 Å². The molecule has 174 valence electrons. The lowest BCUT2D eigenvalue weighted by Gasteiger charge is -2.36. The maximum atomic E-state index is 13.3. The molecule has 9 nitrogen and oxygen atoms in total. The summed E-state index contributed by atoms with van der Waals surface area (Å²) < 4.78 is 24.4. The molecule has 33 heavy (non-hydrogen) atoms. The van der Waals surface area contributed by atoms with Gasteiger partial charge >= 0.3 is 12.1 Å². The Morgan fingerprint density at radius 3 is 2.64 bits per heavy atom. The summed E-state index contributed by atoms with van der Waals surface area (Å²) in [6, 6.07) is 10.8. The summed E-state index contributed by atoms with van der Waals surface area (Å²) in [6.07, 6.45) is -0.180. The van der Waals surface area contributed by atoms with Crippen molar-refractivity contribution in [1.29, 1.82) is 0 Å². The number of benzene rings is 1. The molecular weight excluding hydrogens is 428 g/mol. The average Bonchev–Trinajstić information content (AvgIpc) is 3.44. The van der Waals surface area contributed by atoms with E-state index in [1.165, 1.54) is 0 Å². The third-order valence-electron chi connectivity index (χ3n) is 6.72. The van der Waals surface area contributed by atoms with E-state index in [0.717, 1.165) is 5.56 Å². The second-order valence-electron chi connectivity index (χ2n) is 8.50. The smallest absolute Gasteiger partial charge is 0.409 e. The van der Waals surface area contributed by atoms with E-state index >= 15 is 0 Å². The number of alkyl carbamates (subject to hydrolysis) is 1. The summed E-state index contributed by atoms with van der Waals surface area (Å²) in [4.78, 5) is 39.2. The van der Waals surface area contributed by atoms with Gasteiger partial charge in [-0.3, -0.25) is 4.79 Å². The molecule has 3 aliphatic rings. The molecular formula is C24H26N2O7. The Hall–Kier alpha value is -3.17. The van der Waals surface area contributed by atoms with Gasteiger partial charge in [-0.05, 0) is 25.0 Å². The van der Waals surface area contributed by atoms with Crippen molar-refractivity contribution < 1.29 is 28.5 Å². The third-order valence-corrected chi connectivity index (χ3v) is 6.72. The second-order valence-corrected chi connectivity index (χ2v) is 8.50. The zero-order valence-corrected chi connectivity index (χ0v) is 18.6. The standard InChI is InChI=1S/C24H26N2O7/c1-3-23(33-22(29)25-15(2)16-7-5-4-6-8-16)18-13-19-24(31-11-12-32-24)9-10-26(19)20(27)17(18)14-30-21(23)28/h4-8,13,15H,3,9-12,14H2,1-2H3,(H,25,29)/t15-,23-/m0/s1. The molecule has 1 aromatic heterocycles. The minimum atomic E-state index is -1.74. The van der Waals surface area contributed by atoms with Gasteiger partial charge < -0.3 is 28.8 Å². The molecule has 0 bridgehead atoms. The molecule has 1 aromatic carbocycles. The summed E-state index contributed by atoms with van der Waals surface area (Å²) in [5.41, 5.74) is 0.0358. The van der Waals surface area contributed by atoms with E-state index in [1.807, 2.05) is 37.3 Å². The van der Waals surface area contributed by atoms with Gasteiger partial charge in [-0.1, -0.05) is 37.3 Å². The SMILES string of the molecule is CC[C@@]1(OC(=O)N[C@@H](C)c2ccccc2)C(=O)OCc2c1cc1n(c2=O)CCC12OCCO2. The first kappa shape index (κ1) is 21.7. The number of nitrogens with zero attached hydrogens (tertiary/aromatic N) is 1. The predicted octanol–water partition coefficient (Wildman–Crippen LogP) is 2.60. The van der Waals surface area contributed by atoms with E-state index < -0.39 is 23.5 Å². The third kappa shape index (κ3) is 3.34. The van der Waals surface area contributed by atoms with Crippen LogP contribution in [0.1, 0.15) is 55.1 Å². The second kappa shape index (κ2) is 8.00. The lowest BCUT2D eigenvalue weighted by Crippen LogP contribution is -2.49. The van der Waals surface area contributed by atoms with Gasteiger partial charge in [0, 0.05) is 18.5 Å². The van der Waals surface area contributed by atoms with Crippen molar-refractivity contribution in [2.75, 3.05) is 13.2 Å². The molecule has 4 heterocycles.